The summed E-state index contributed by atoms with van der Waals surface area (Å²) in [6.45, 7) is 6.03. The quantitative estimate of drug-likeness (QED) is 0.656. The first-order chi connectivity index (χ1) is 14.9. The van der Waals surface area contributed by atoms with Crippen LogP contribution in [0.3, 0.4) is 0 Å². The lowest BCUT2D eigenvalue weighted by atomic mass is 10.1. The van der Waals surface area contributed by atoms with E-state index in [-0.39, 0.29) is 11.3 Å². The topological polar surface area (TPSA) is 95.6 Å². The lowest BCUT2D eigenvalue weighted by Gasteiger charge is -2.29. The van der Waals surface area contributed by atoms with E-state index in [4.69, 9.17) is 9.72 Å². The average molecular weight is 445 g/mol. The summed E-state index contributed by atoms with van der Waals surface area (Å²) in [6, 6.07) is 7.50. The van der Waals surface area contributed by atoms with E-state index in [0.717, 1.165) is 36.5 Å². The molecule has 3 heterocycles. The summed E-state index contributed by atoms with van der Waals surface area (Å²) < 4.78 is 31.8. The average Bonchev–Trinajstić information content (AvgIpc) is 3.26. The number of ether oxygens (including phenoxy) is 1. The van der Waals surface area contributed by atoms with Crippen LogP contribution in [0.4, 0.5) is 0 Å². The van der Waals surface area contributed by atoms with Gasteiger partial charge in [-0.25, -0.2) is 13.4 Å². The first kappa shape index (κ1) is 21.7. The Kier molecular flexibility index (Phi) is 6.27. The van der Waals surface area contributed by atoms with Crippen LogP contribution in [0.15, 0.2) is 41.7 Å². The number of hydrogen-bond acceptors (Lipinski definition) is 6. The fraction of sp³-hybridized carbons (Fsp3) is 0.455. The molecular formula is C22H28N4O4S. The molecule has 8 nitrogen and oxygen atoms in total. The number of benzene rings is 1. The van der Waals surface area contributed by atoms with Crippen LogP contribution in [0.1, 0.15) is 41.5 Å². The number of nitrogens with one attached hydrogen (secondary N) is 1. The molecular weight excluding hydrogens is 416 g/mol. The number of rotatable bonds is 7. The summed E-state index contributed by atoms with van der Waals surface area (Å²) in [5.74, 6) is 1.16. The fourth-order valence-electron chi connectivity index (χ4n) is 4.37. The summed E-state index contributed by atoms with van der Waals surface area (Å²) >= 11 is 0. The molecule has 0 spiro atoms. The molecule has 1 aromatic heterocycles. The van der Waals surface area contributed by atoms with Crippen molar-refractivity contribution in [3.05, 3.63) is 69.9 Å². The first-order valence-electron chi connectivity index (χ1n) is 10.5. The van der Waals surface area contributed by atoms with Gasteiger partial charge in [-0.2, -0.15) is 4.31 Å². The molecule has 1 saturated heterocycles. The molecule has 0 aliphatic carbocycles. The van der Waals surface area contributed by atoms with E-state index in [9.17, 15) is 13.2 Å². The van der Waals surface area contributed by atoms with Gasteiger partial charge >= 0.3 is 0 Å². The van der Waals surface area contributed by atoms with E-state index >= 15 is 0 Å². The van der Waals surface area contributed by atoms with Crippen molar-refractivity contribution in [3.63, 3.8) is 0 Å². The van der Waals surface area contributed by atoms with Crippen molar-refractivity contribution >= 4 is 10.0 Å². The number of H-pyrrole nitrogens is 1. The van der Waals surface area contributed by atoms with Crippen LogP contribution in [0, 0.1) is 0 Å². The van der Waals surface area contributed by atoms with Crippen molar-refractivity contribution in [1.82, 2.24) is 19.2 Å². The molecule has 0 amide bonds. The van der Waals surface area contributed by atoms with E-state index in [1.807, 2.05) is 24.3 Å². The summed E-state index contributed by atoms with van der Waals surface area (Å²) in [5, 5.41) is 0. The largest absolute Gasteiger partial charge is 0.497 e. The highest BCUT2D eigenvalue weighted by Gasteiger charge is 2.36. The Labute approximate surface area is 182 Å². The molecule has 2 aromatic rings. The van der Waals surface area contributed by atoms with Gasteiger partial charge in [0.25, 0.3) is 5.56 Å². The zero-order valence-corrected chi connectivity index (χ0v) is 18.5. The van der Waals surface area contributed by atoms with Crippen LogP contribution in [-0.2, 0) is 29.5 Å². The van der Waals surface area contributed by atoms with E-state index in [0.29, 0.717) is 37.3 Å². The highest BCUT2D eigenvalue weighted by molar-refractivity contribution is 7.89. The second-order valence-electron chi connectivity index (χ2n) is 8.02. The number of fused-ring (bicyclic) bond motifs is 1. The lowest BCUT2D eigenvalue weighted by molar-refractivity contribution is 0.240. The van der Waals surface area contributed by atoms with Crippen molar-refractivity contribution in [3.8, 4) is 5.75 Å². The maximum absolute atomic E-state index is 12.9. The maximum Gasteiger partial charge on any atom is 0.255 e. The molecule has 31 heavy (non-hydrogen) atoms. The second-order valence-corrected chi connectivity index (χ2v) is 9.99. The molecule has 4 rings (SSSR count). The summed E-state index contributed by atoms with van der Waals surface area (Å²) in [5.41, 5.74) is 2.42. The number of nitrogens with zero attached hydrogens (tertiary/aromatic N) is 3. The Hall–Kier alpha value is -2.49. The molecule has 9 heteroatoms. The first-order valence-corrected chi connectivity index (χ1v) is 12.1. The van der Waals surface area contributed by atoms with Gasteiger partial charge in [0.15, 0.2) is 0 Å². The number of methoxy groups -OCH3 is 1. The highest BCUT2D eigenvalue weighted by atomic mass is 32.2. The van der Waals surface area contributed by atoms with Crippen molar-refractivity contribution in [1.29, 1.82) is 0 Å². The van der Waals surface area contributed by atoms with Gasteiger partial charge in [-0.15, -0.1) is 6.58 Å². The van der Waals surface area contributed by atoms with Crippen molar-refractivity contribution in [2.24, 2.45) is 0 Å². The summed E-state index contributed by atoms with van der Waals surface area (Å²) in [4.78, 5) is 22.7. The Balaban J connectivity index is 1.53. The smallest absolute Gasteiger partial charge is 0.255 e. The Morgan fingerprint density at radius 2 is 2.06 bits per heavy atom. The van der Waals surface area contributed by atoms with Crippen LogP contribution < -0.4 is 10.3 Å². The van der Waals surface area contributed by atoms with Crippen molar-refractivity contribution in [2.75, 3.05) is 26.0 Å². The third kappa shape index (κ3) is 4.58. The number of aromatic nitrogens is 2. The number of sulfonamides is 1. The normalized spacial score (nSPS) is 19.8. The maximum atomic E-state index is 12.9. The van der Waals surface area contributed by atoms with Gasteiger partial charge in [0.2, 0.25) is 10.0 Å². The molecule has 1 N–H and O–H groups in total. The van der Waals surface area contributed by atoms with Crippen LogP contribution in [-0.4, -0.2) is 53.5 Å². The Morgan fingerprint density at radius 3 is 2.77 bits per heavy atom. The van der Waals surface area contributed by atoms with E-state index in [2.05, 4.69) is 16.5 Å². The minimum atomic E-state index is -3.45. The third-order valence-corrected chi connectivity index (χ3v) is 7.74. The van der Waals surface area contributed by atoms with Crippen molar-refractivity contribution < 1.29 is 13.2 Å². The van der Waals surface area contributed by atoms with Crippen LogP contribution in [0.5, 0.6) is 5.75 Å². The van der Waals surface area contributed by atoms with Gasteiger partial charge in [0.1, 0.15) is 11.6 Å². The Morgan fingerprint density at radius 1 is 1.29 bits per heavy atom. The summed E-state index contributed by atoms with van der Waals surface area (Å²) in [6.07, 6.45) is 3.46. The lowest BCUT2D eigenvalue weighted by Crippen LogP contribution is -2.38. The predicted molar refractivity (Wildman–Crippen MR) is 118 cm³/mol. The molecule has 1 atom stereocenters. The minimum absolute atomic E-state index is 0.112. The fourth-order valence-corrected chi connectivity index (χ4v) is 5.86. The van der Waals surface area contributed by atoms with E-state index in [1.165, 1.54) is 10.4 Å². The monoisotopic (exact) mass is 444 g/mol. The van der Waals surface area contributed by atoms with Gasteiger partial charge in [-0.05, 0) is 30.5 Å². The molecule has 1 fully saturated rings. The molecule has 0 unspecified atom stereocenters. The van der Waals surface area contributed by atoms with Gasteiger partial charge in [0, 0.05) is 32.6 Å². The van der Waals surface area contributed by atoms with Gasteiger partial charge < -0.3 is 9.72 Å². The number of aromatic amines is 1. The molecule has 0 radical (unpaired) electrons. The Bertz CT molecular complexity index is 1110. The molecule has 166 valence electrons. The van der Waals surface area contributed by atoms with Gasteiger partial charge in [-0.3, -0.25) is 9.69 Å². The second kappa shape index (κ2) is 8.94. The summed E-state index contributed by atoms with van der Waals surface area (Å²) in [7, 11) is -1.81. The zero-order valence-electron chi connectivity index (χ0n) is 17.7. The van der Waals surface area contributed by atoms with Crippen LogP contribution in [0.25, 0.3) is 0 Å². The predicted octanol–water partition coefficient (Wildman–Crippen LogP) is 1.99. The molecule has 2 aliphatic heterocycles. The zero-order chi connectivity index (χ0) is 22.0. The van der Waals surface area contributed by atoms with Crippen LogP contribution >= 0.6 is 0 Å². The SMILES string of the molecule is C=CCS(=O)(=O)N1CCC[C@@H]1c1nc2c(c(=O)[nH]1)CN(Cc1ccc(OC)cc1)CC2. The van der Waals surface area contributed by atoms with E-state index in [1.54, 1.807) is 7.11 Å². The number of hydrogen-bond donors (Lipinski definition) is 1. The third-order valence-electron chi connectivity index (χ3n) is 5.94. The molecule has 0 saturated carbocycles. The van der Waals surface area contributed by atoms with Crippen molar-refractivity contribution in [2.45, 2.75) is 38.4 Å². The molecule has 2 aliphatic rings. The highest BCUT2D eigenvalue weighted by Crippen LogP contribution is 2.33. The van der Waals surface area contributed by atoms with Crippen LogP contribution in [0.2, 0.25) is 0 Å². The molecule has 0 bridgehead atoms. The van der Waals surface area contributed by atoms with Gasteiger partial charge in [0.05, 0.1) is 30.2 Å². The van der Waals surface area contributed by atoms with E-state index < -0.39 is 16.1 Å². The molecule has 1 aromatic carbocycles. The standard InChI is InChI=1S/C22H28N4O4S/c1-3-13-31(28,29)26-11-4-5-20(26)21-23-19-10-12-25(15-18(19)22(27)24-21)14-16-6-8-17(30-2)9-7-16/h3,6-9,20H,1,4-5,10-15H2,2H3,(H,23,24,27)/t20-/m1/s1. The van der Waals surface area contributed by atoms with Gasteiger partial charge in [-0.1, -0.05) is 18.2 Å². The minimum Gasteiger partial charge on any atom is -0.497 e.